The SMILES string of the molecule is C#CCO[C@@H]1O[C@H](COC(C)=O)[C@@H](OC(C)=O)[C@H]1OC(C)=O. The molecule has 0 aromatic carbocycles. The number of terminal acetylenes is 1. The minimum atomic E-state index is -1.02. The van der Waals surface area contributed by atoms with Crippen LogP contribution in [-0.2, 0) is 38.1 Å². The van der Waals surface area contributed by atoms with Crippen molar-refractivity contribution in [3.05, 3.63) is 0 Å². The van der Waals surface area contributed by atoms with E-state index in [4.69, 9.17) is 30.1 Å². The third-order valence-corrected chi connectivity index (χ3v) is 2.65. The third-order valence-electron chi connectivity index (χ3n) is 2.65. The molecular formula is C14H18O8. The maximum atomic E-state index is 11.2. The predicted molar refractivity (Wildman–Crippen MR) is 71.2 cm³/mol. The van der Waals surface area contributed by atoms with Crippen LogP contribution >= 0.6 is 0 Å². The molecule has 0 radical (unpaired) electrons. The van der Waals surface area contributed by atoms with Crippen LogP contribution in [0.4, 0.5) is 0 Å². The van der Waals surface area contributed by atoms with Gasteiger partial charge in [0.15, 0.2) is 18.5 Å². The fraction of sp³-hybridized carbons (Fsp3) is 0.643. The molecule has 1 aliphatic rings. The average Bonchev–Trinajstić information content (AvgIpc) is 2.71. The summed E-state index contributed by atoms with van der Waals surface area (Å²) in [4.78, 5) is 33.4. The van der Waals surface area contributed by atoms with Gasteiger partial charge in [0.25, 0.3) is 0 Å². The van der Waals surface area contributed by atoms with E-state index in [1.165, 1.54) is 20.8 Å². The number of ether oxygens (including phenoxy) is 5. The van der Waals surface area contributed by atoms with Crippen LogP contribution in [0, 0.1) is 12.3 Å². The number of esters is 3. The molecule has 1 rings (SSSR count). The molecule has 22 heavy (non-hydrogen) atoms. The maximum absolute atomic E-state index is 11.2. The second-order valence-corrected chi connectivity index (χ2v) is 4.51. The Morgan fingerprint density at radius 1 is 1.05 bits per heavy atom. The van der Waals surface area contributed by atoms with Crippen LogP contribution in [0.2, 0.25) is 0 Å². The zero-order valence-electron chi connectivity index (χ0n) is 12.6. The van der Waals surface area contributed by atoms with Gasteiger partial charge in [-0.05, 0) is 0 Å². The second kappa shape index (κ2) is 8.36. The van der Waals surface area contributed by atoms with E-state index in [0.29, 0.717) is 0 Å². The van der Waals surface area contributed by atoms with Crippen LogP contribution in [0.25, 0.3) is 0 Å². The molecule has 0 amide bonds. The topological polar surface area (TPSA) is 97.4 Å². The highest BCUT2D eigenvalue weighted by Gasteiger charge is 2.50. The largest absolute Gasteiger partial charge is 0.463 e. The highest BCUT2D eigenvalue weighted by atomic mass is 16.7. The molecule has 1 fully saturated rings. The minimum absolute atomic E-state index is 0.0878. The van der Waals surface area contributed by atoms with Crippen LogP contribution in [0.15, 0.2) is 0 Å². The predicted octanol–water partition coefficient (Wildman–Crippen LogP) is -0.212. The molecule has 0 aromatic rings. The van der Waals surface area contributed by atoms with E-state index < -0.39 is 42.5 Å². The van der Waals surface area contributed by atoms with Crippen LogP contribution in [0.5, 0.6) is 0 Å². The molecule has 122 valence electrons. The number of hydrogen-bond acceptors (Lipinski definition) is 8. The van der Waals surface area contributed by atoms with Crippen molar-refractivity contribution in [2.24, 2.45) is 0 Å². The number of carbonyl (C=O) groups excluding carboxylic acids is 3. The van der Waals surface area contributed by atoms with Gasteiger partial charge in [-0.2, -0.15) is 0 Å². The van der Waals surface area contributed by atoms with Gasteiger partial charge < -0.3 is 23.7 Å². The molecule has 1 saturated heterocycles. The molecule has 1 aliphatic heterocycles. The smallest absolute Gasteiger partial charge is 0.303 e. The maximum Gasteiger partial charge on any atom is 0.303 e. The average molecular weight is 314 g/mol. The lowest BCUT2D eigenvalue weighted by molar-refractivity contribution is -0.186. The Morgan fingerprint density at radius 2 is 1.64 bits per heavy atom. The van der Waals surface area contributed by atoms with Crippen LogP contribution < -0.4 is 0 Å². The number of carbonyl (C=O) groups is 3. The Hall–Kier alpha value is -2.11. The van der Waals surface area contributed by atoms with Crippen molar-refractivity contribution in [2.45, 2.75) is 45.4 Å². The standard InChI is InChI=1S/C14H18O8/c1-5-6-18-14-13(21-10(4)17)12(20-9(3)16)11(22-14)7-19-8(2)15/h1,11-14H,6-7H2,2-4H3/t11-,12-,13-,14-/m1/s1. The molecule has 0 aromatic heterocycles. The molecule has 0 bridgehead atoms. The van der Waals surface area contributed by atoms with Gasteiger partial charge in [-0.3, -0.25) is 14.4 Å². The van der Waals surface area contributed by atoms with Crippen LogP contribution in [0.3, 0.4) is 0 Å². The van der Waals surface area contributed by atoms with Gasteiger partial charge >= 0.3 is 17.9 Å². The lowest BCUT2D eigenvalue weighted by Gasteiger charge is -2.22. The first-order valence-electron chi connectivity index (χ1n) is 6.53. The Kier molecular flexibility index (Phi) is 6.82. The third kappa shape index (κ3) is 5.35. The summed E-state index contributed by atoms with van der Waals surface area (Å²) in [6, 6.07) is 0. The molecule has 0 N–H and O–H groups in total. The van der Waals surface area contributed by atoms with Crippen LogP contribution in [0.1, 0.15) is 20.8 Å². The molecule has 0 spiro atoms. The second-order valence-electron chi connectivity index (χ2n) is 4.51. The fourth-order valence-corrected chi connectivity index (χ4v) is 1.94. The molecule has 0 unspecified atom stereocenters. The first kappa shape index (κ1) is 17.9. The monoisotopic (exact) mass is 314 g/mol. The van der Waals surface area contributed by atoms with E-state index in [1.54, 1.807) is 0 Å². The van der Waals surface area contributed by atoms with Gasteiger partial charge in [0.05, 0.1) is 0 Å². The van der Waals surface area contributed by atoms with Crippen LogP contribution in [-0.4, -0.2) is 55.7 Å². The van der Waals surface area contributed by atoms with Crippen molar-refractivity contribution in [1.29, 1.82) is 0 Å². The Balaban J connectivity index is 2.89. The Bertz CT molecular complexity index is 466. The zero-order chi connectivity index (χ0) is 16.7. The minimum Gasteiger partial charge on any atom is -0.463 e. The van der Waals surface area contributed by atoms with Gasteiger partial charge in [0, 0.05) is 20.8 Å². The van der Waals surface area contributed by atoms with Crippen molar-refractivity contribution in [3.8, 4) is 12.3 Å². The summed E-state index contributed by atoms with van der Waals surface area (Å²) in [6.07, 6.45) is 1.28. The summed E-state index contributed by atoms with van der Waals surface area (Å²) in [6.45, 7) is 3.36. The molecular weight excluding hydrogens is 296 g/mol. The summed E-state index contributed by atoms with van der Waals surface area (Å²) in [5.74, 6) is 0.523. The zero-order valence-corrected chi connectivity index (χ0v) is 12.6. The Labute approximate surface area is 128 Å². The number of hydrogen-bond donors (Lipinski definition) is 0. The van der Waals surface area contributed by atoms with Crippen molar-refractivity contribution in [3.63, 3.8) is 0 Å². The van der Waals surface area contributed by atoms with E-state index in [1.807, 2.05) is 0 Å². The first-order valence-corrected chi connectivity index (χ1v) is 6.53. The summed E-state index contributed by atoms with van der Waals surface area (Å²) >= 11 is 0. The molecule has 0 saturated carbocycles. The van der Waals surface area contributed by atoms with Gasteiger partial charge in [-0.1, -0.05) is 5.92 Å². The van der Waals surface area contributed by atoms with E-state index in [9.17, 15) is 14.4 Å². The van der Waals surface area contributed by atoms with E-state index in [0.717, 1.165) is 0 Å². The summed E-state index contributed by atoms with van der Waals surface area (Å²) in [7, 11) is 0. The van der Waals surface area contributed by atoms with E-state index in [-0.39, 0.29) is 13.2 Å². The summed E-state index contributed by atoms with van der Waals surface area (Å²) in [5.41, 5.74) is 0. The molecule has 4 atom stereocenters. The van der Waals surface area contributed by atoms with Gasteiger partial charge in [0.2, 0.25) is 0 Å². The van der Waals surface area contributed by atoms with E-state index >= 15 is 0 Å². The van der Waals surface area contributed by atoms with Gasteiger partial charge in [-0.25, -0.2) is 0 Å². The Morgan fingerprint density at radius 3 is 2.14 bits per heavy atom. The van der Waals surface area contributed by atoms with Gasteiger partial charge in [0.1, 0.15) is 19.3 Å². The highest BCUT2D eigenvalue weighted by molar-refractivity contribution is 5.67. The fourth-order valence-electron chi connectivity index (χ4n) is 1.94. The lowest BCUT2D eigenvalue weighted by Crippen LogP contribution is -2.41. The summed E-state index contributed by atoms with van der Waals surface area (Å²) < 4.78 is 25.8. The highest BCUT2D eigenvalue weighted by Crippen LogP contribution is 2.28. The van der Waals surface area contributed by atoms with E-state index in [2.05, 4.69) is 5.92 Å². The van der Waals surface area contributed by atoms with Crippen molar-refractivity contribution in [2.75, 3.05) is 13.2 Å². The van der Waals surface area contributed by atoms with Crippen molar-refractivity contribution >= 4 is 17.9 Å². The molecule has 8 nitrogen and oxygen atoms in total. The molecule has 1 heterocycles. The quantitative estimate of drug-likeness (QED) is 0.377. The van der Waals surface area contributed by atoms with Gasteiger partial charge in [-0.15, -0.1) is 6.42 Å². The normalized spacial score (nSPS) is 26.8. The number of rotatable bonds is 6. The van der Waals surface area contributed by atoms with Crippen molar-refractivity contribution < 1.29 is 38.1 Å². The molecule has 0 aliphatic carbocycles. The summed E-state index contributed by atoms with van der Waals surface area (Å²) in [5, 5.41) is 0. The van der Waals surface area contributed by atoms with Crippen molar-refractivity contribution in [1.82, 2.24) is 0 Å². The lowest BCUT2D eigenvalue weighted by atomic mass is 10.1. The first-order chi connectivity index (χ1) is 10.3. The molecule has 8 heteroatoms.